The Balaban J connectivity index is 1.40. The molecule has 2 saturated heterocycles. The van der Waals surface area contributed by atoms with Crippen LogP contribution in [0.25, 0.3) is 11.4 Å². The predicted octanol–water partition coefficient (Wildman–Crippen LogP) is 4.02. The van der Waals surface area contributed by atoms with E-state index < -0.39 is 6.29 Å². The maximum atomic E-state index is 12.3. The predicted molar refractivity (Wildman–Crippen MR) is 131 cm³/mol. The van der Waals surface area contributed by atoms with Crippen LogP contribution >= 0.6 is 0 Å². The Kier molecular flexibility index (Phi) is 6.75. The minimum Gasteiger partial charge on any atom is -0.491 e. The molecule has 2 aromatic carbocycles. The van der Waals surface area contributed by atoms with Gasteiger partial charge in [0, 0.05) is 30.0 Å². The Morgan fingerprint density at radius 2 is 1.63 bits per heavy atom. The Bertz CT molecular complexity index is 1160. The van der Waals surface area contributed by atoms with E-state index in [-0.39, 0.29) is 12.3 Å². The lowest BCUT2D eigenvalue weighted by molar-refractivity contribution is -0.384. The van der Waals surface area contributed by atoms with Gasteiger partial charge in [0.25, 0.3) is 0 Å². The van der Waals surface area contributed by atoms with Crippen molar-refractivity contribution in [3.63, 3.8) is 0 Å². The molecule has 35 heavy (non-hydrogen) atoms. The number of methoxy groups -OCH3 is 1. The second-order valence-electron chi connectivity index (χ2n) is 8.08. The molecule has 2 aliphatic heterocycles. The van der Waals surface area contributed by atoms with Gasteiger partial charge in [0.15, 0.2) is 23.7 Å². The molecule has 2 N–H and O–H groups in total. The zero-order valence-corrected chi connectivity index (χ0v) is 19.6. The number of benzene rings is 2. The van der Waals surface area contributed by atoms with Crippen LogP contribution in [0.4, 0.5) is 22.0 Å². The maximum Gasteiger partial charge on any atom is 0.323 e. The standard InChI is InChI=1S/C25H27N5O5/c1-16-34-24(35-16)20-21(32-2)23(30-12-14-33-15-13-30)29-22(28-20)17-8-10-19(11-9-17)27-25(31)26-18-6-4-3-5-7-18/h3-11,16,24H,12-15H2,1-2H3,(H2,26,27,31). The van der Waals surface area contributed by atoms with E-state index in [1.165, 1.54) is 0 Å². The number of hydrogen-bond donors (Lipinski definition) is 2. The fourth-order valence-corrected chi connectivity index (χ4v) is 3.93. The summed E-state index contributed by atoms with van der Waals surface area (Å²) in [6.45, 7) is 4.42. The van der Waals surface area contributed by atoms with Crippen LogP contribution in [0.15, 0.2) is 54.6 Å². The van der Waals surface area contributed by atoms with Crippen molar-refractivity contribution in [1.82, 2.24) is 9.97 Å². The summed E-state index contributed by atoms with van der Waals surface area (Å²) in [5, 5.41) is 5.63. The van der Waals surface area contributed by atoms with Crippen LogP contribution in [0.2, 0.25) is 0 Å². The van der Waals surface area contributed by atoms with Crippen molar-refractivity contribution in [2.45, 2.75) is 19.5 Å². The van der Waals surface area contributed by atoms with Crippen molar-refractivity contribution in [3.05, 3.63) is 60.3 Å². The van der Waals surface area contributed by atoms with Crippen LogP contribution in [0.3, 0.4) is 0 Å². The van der Waals surface area contributed by atoms with E-state index in [9.17, 15) is 4.79 Å². The monoisotopic (exact) mass is 477 g/mol. The zero-order chi connectivity index (χ0) is 24.2. The number of morpholine rings is 1. The van der Waals surface area contributed by atoms with Crippen LogP contribution in [-0.2, 0) is 14.2 Å². The number of hydrogen-bond acceptors (Lipinski definition) is 8. The molecule has 2 fully saturated rings. The van der Waals surface area contributed by atoms with Crippen molar-refractivity contribution in [3.8, 4) is 17.1 Å². The Morgan fingerprint density at radius 3 is 2.26 bits per heavy atom. The third kappa shape index (κ3) is 5.19. The molecule has 0 unspecified atom stereocenters. The summed E-state index contributed by atoms with van der Waals surface area (Å²) in [6, 6.07) is 16.3. The average Bonchev–Trinajstić information content (AvgIpc) is 2.87. The highest BCUT2D eigenvalue weighted by molar-refractivity contribution is 5.99. The lowest BCUT2D eigenvalue weighted by Crippen LogP contribution is -2.38. The van der Waals surface area contributed by atoms with E-state index in [0.717, 1.165) is 5.56 Å². The van der Waals surface area contributed by atoms with Gasteiger partial charge >= 0.3 is 6.03 Å². The molecule has 3 aromatic rings. The number of aromatic nitrogens is 2. The van der Waals surface area contributed by atoms with Gasteiger partial charge in [-0.1, -0.05) is 18.2 Å². The number of amides is 2. The molecule has 2 amide bonds. The smallest absolute Gasteiger partial charge is 0.323 e. The summed E-state index contributed by atoms with van der Waals surface area (Å²) in [4.78, 5) is 24.0. The lowest BCUT2D eigenvalue weighted by Gasteiger charge is -2.35. The molecule has 0 atom stereocenters. The Morgan fingerprint density at radius 1 is 0.971 bits per heavy atom. The molecule has 182 valence electrons. The van der Waals surface area contributed by atoms with Crippen LogP contribution < -0.4 is 20.3 Å². The number of carbonyl (C=O) groups is 1. The summed E-state index contributed by atoms with van der Waals surface area (Å²) >= 11 is 0. The minimum absolute atomic E-state index is 0.303. The van der Waals surface area contributed by atoms with Crippen LogP contribution in [0.5, 0.6) is 5.75 Å². The number of para-hydroxylation sites is 1. The van der Waals surface area contributed by atoms with Crippen molar-refractivity contribution >= 4 is 23.2 Å². The molecule has 10 heteroatoms. The van der Waals surface area contributed by atoms with E-state index >= 15 is 0 Å². The first kappa shape index (κ1) is 23.0. The van der Waals surface area contributed by atoms with Crippen molar-refractivity contribution < 1.29 is 23.7 Å². The first-order valence-corrected chi connectivity index (χ1v) is 11.4. The van der Waals surface area contributed by atoms with Gasteiger partial charge in [-0.05, 0) is 43.3 Å². The summed E-state index contributed by atoms with van der Waals surface area (Å²) in [6.07, 6.45) is -0.925. The molecule has 0 bridgehead atoms. The molecular weight excluding hydrogens is 450 g/mol. The topological polar surface area (TPSA) is 107 Å². The van der Waals surface area contributed by atoms with Gasteiger partial charge in [-0.3, -0.25) is 0 Å². The van der Waals surface area contributed by atoms with Gasteiger partial charge in [-0.25, -0.2) is 14.8 Å². The molecule has 1 aromatic heterocycles. The highest BCUT2D eigenvalue weighted by atomic mass is 16.9. The number of anilines is 3. The van der Waals surface area contributed by atoms with Gasteiger partial charge in [0.05, 0.1) is 20.3 Å². The summed E-state index contributed by atoms with van der Waals surface area (Å²) in [5.74, 6) is 1.71. The van der Waals surface area contributed by atoms with E-state index in [0.29, 0.717) is 60.8 Å². The quantitative estimate of drug-likeness (QED) is 0.548. The number of nitrogens with one attached hydrogen (secondary N) is 2. The molecule has 10 nitrogen and oxygen atoms in total. The molecule has 0 radical (unpaired) electrons. The van der Waals surface area contributed by atoms with E-state index in [2.05, 4.69) is 15.5 Å². The number of carbonyl (C=O) groups excluding carboxylic acids is 1. The second kappa shape index (κ2) is 10.3. The van der Waals surface area contributed by atoms with Gasteiger partial charge < -0.3 is 34.5 Å². The number of nitrogens with zero attached hydrogens (tertiary/aromatic N) is 3. The summed E-state index contributed by atoms with van der Waals surface area (Å²) in [5.41, 5.74) is 2.68. The van der Waals surface area contributed by atoms with Gasteiger partial charge in [-0.15, -0.1) is 0 Å². The average molecular weight is 478 g/mol. The second-order valence-corrected chi connectivity index (χ2v) is 8.08. The molecule has 5 rings (SSSR count). The van der Waals surface area contributed by atoms with Crippen LogP contribution in [-0.4, -0.2) is 55.7 Å². The molecular formula is C25H27N5O5. The molecule has 3 heterocycles. The first-order valence-electron chi connectivity index (χ1n) is 11.4. The highest BCUT2D eigenvalue weighted by Crippen LogP contribution is 2.41. The first-order chi connectivity index (χ1) is 17.1. The third-order valence-electron chi connectivity index (χ3n) is 5.67. The van der Waals surface area contributed by atoms with Crippen LogP contribution in [0, 0.1) is 0 Å². The van der Waals surface area contributed by atoms with E-state index in [1.54, 1.807) is 19.2 Å². The largest absolute Gasteiger partial charge is 0.491 e. The van der Waals surface area contributed by atoms with Crippen molar-refractivity contribution in [1.29, 1.82) is 0 Å². The number of urea groups is 1. The number of ether oxygens (including phenoxy) is 4. The fraction of sp³-hybridized carbons (Fsp3) is 0.320. The zero-order valence-electron chi connectivity index (χ0n) is 19.6. The fourth-order valence-electron chi connectivity index (χ4n) is 3.93. The van der Waals surface area contributed by atoms with Crippen LogP contribution in [0.1, 0.15) is 18.9 Å². The SMILES string of the molecule is COc1c(C2OC(C)O2)nc(-c2ccc(NC(=O)Nc3ccccc3)cc2)nc1N1CCOCC1. The van der Waals surface area contributed by atoms with E-state index in [4.69, 9.17) is 28.9 Å². The molecule has 0 spiro atoms. The summed E-state index contributed by atoms with van der Waals surface area (Å²) in [7, 11) is 1.59. The highest BCUT2D eigenvalue weighted by Gasteiger charge is 2.35. The third-order valence-corrected chi connectivity index (χ3v) is 5.67. The van der Waals surface area contributed by atoms with Crippen molar-refractivity contribution in [2.75, 3.05) is 48.9 Å². The molecule has 0 aliphatic carbocycles. The normalized spacial score (nSPS) is 19.5. The lowest BCUT2D eigenvalue weighted by atomic mass is 10.1. The Labute approximate surface area is 203 Å². The van der Waals surface area contributed by atoms with Crippen molar-refractivity contribution in [2.24, 2.45) is 0 Å². The minimum atomic E-state index is -0.621. The van der Waals surface area contributed by atoms with Gasteiger partial charge in [0.2, 0.25) is 6.29 Å². The summed E-state index contributed by atoms with van der Waals surface area (Å²) < 4.78 is 22.6. The molecule has 0 saturated carbocycles. The van der Waals surface area contributed by atoms with Gasteiger partial charge in [0.1, 0.15) is 5.69 Å². The Hall–Kier alpha value is -3.73. The van der Waals surface area contributed by atoms with Gasteiger partial charge in [-0.2, -0.15) is 0 Å². The number of rotatable bonds is 6. The maximum absolute atomic E-state index is 12.3. The van der Waals surface area contributed by atoms with E-state index in [1.807, 2.05) is 49.4 Å². The molecule has 2 aliphatic rings.